The fourth-order valence-corrected chi connectivity index (χ4v) is 3.76. The molecule has 1 atom stereocenters. The third-order valence-electron chi connectivity index (χ3n) is 5.08. The molecule has 2 heterocycles. The number of carbonyl (C=O) groups is 2. The third kappa shape index (κ3) is 3.61. The lowest BCUT2D eigenvalue weighted by atomic mass is 10.1. The summed E-state index contributed by atoms with van der Waals surface area (Å²) < 4.78 is 0. The minimum Gasteiger partial charge on any atom is -0.396 e. The van der Waals surface area contributed by atoms with E-state index in [1.54, 1.807) is 0 Å². The maximum absolute atomic E-state index is 12.8. The van der Waals surface area contributed by atoms with Crippen molar-refractivity contribution in [2.24, 2.45) is 0 Å². The van der Waals surface area contributed by atoms with Crippen LogP contribution in [0.25, 0.3) is 0 Å². The van der Waals surface area contributed by atoms with E-state index in [4.69, 9.17) is 5.11 Å². The molecule has 24 heavy (non-hydrogen) atoms. The standard InChI is InChI=1S/C19H26N2O3/c22-14-4-6-16-5-3-13-21(16)19(24)15-8-10-17(11-9-15)20-12-2-1-7-18(20)23/h8-11,16,22H,1-7,12-14H2. The van der Waals surface area contributed by atoms with Gasteiger partial charge in [0.2, 0.25) is 5.91 Å². The SMILES string of the molecule is O=C1CCCCN1c1ccc(C(=O)N2CCCC2CCCO)cc1. The monoisotopic (exact) mass is 330 g/mol. The molecular weight excluding hydrogens is 304 g/mol. The molecule has 5 nitrogen and oxygen atoms in total. The van der Waals surface area contributed by atoms with Crippen molar-refractivity contribution in [1.82, 2.24) is 4.90 Å². The van der Waals surface area contributed by atoms with E-state index >= 15 is 0 Å². The lowest BCUT2D eigenvalue weighted by Gasteiger charge is -2.27. The van der Waals surface area contributed by atoms with E-state index < -0.39 is 0 Å². The molecule has 5 heteroatoms. The summed E-state index contributed by atoms with van der Waals surface area (Å²) in [5, 5.41) is 9.01. The van der Waals surface area contributed by atoms with Crippen LogP contribution in [0.5, 0.6) is 0 Å². The summed E-state index contributed by atoms with van der Waals surface area (Å²) in [6.07, 6.45) is 6.27. The molecule has 0 aliphatic carbocycles. The largest absolute Gasteiger partial charge is 0.396 e. The first-order valence-electron chi connectivity index (χ1n) is 9.03. The first-order chi connectivity index (χ1) is 11.7. The number of rotatable bonds is 5. The first kappa shape index (κ1) is 17.0. The number of aliphatic hydroxyl groups excluding tert-OH is 1. The normalized spacial score (nSPS) is 21.4. The van der Waals surface area contributed by atoms with E-state index in [0.29, 0.717) is 12.0 Å². The summed E-state index contributed by atoms with van der Waals surface area (Å²) >= 11 is 0. The quantitative estimate of drug-likeness (QED) is 0.903. The van der Waals surface area contributed by atoms with E-state index in [0.717, 1.165) is 57.3 Å². The molecule has 130 valence electrons. The smallest absolute Gasteiger partial charge is 0.254 e. The van der Waals surface area contributed by atoms with Gasteiger partial charge < -0.3 is 14.9 Å². The van der Waals surface area contributed by atoms with Crippen LogP contribution >= 0.6 is 0 Å². The molecule has 1 N–H and O–H groups in total. The fourth-order valence-electron chi connectivity index (χ4n) is 3.76. The van der Waals surface area contributed by atoms with Crippen molar-refractivity contribution in [3.05, 3.63) is 29.8 Å². The lowest BCUT2D eigenvalue weighted by molar-refractivity contribution is -0.119. The average molecular weight is 330 g/mol. The second-order valence-corrected chi connectivity index (χ2v) is 6.71. The number of amides is 2. The first-order valence-corrected chi connectivity index (χ1v) is 9.03. The van der Waals surface area contributed by atoms with Crippen molar-refractivity contribution in [2.75, 3.05) is 24.6 Å². The molecule has 0 spiro atoms. The van der Waals surface area contributed by atoms with E-state index in [1.165, 1.54) is 0 Å². The summed E-state index contributed by atoms with van der Waals surface area (Å²) in [6.45, 7) is 1.74. The van der Waals surface area contributed by atoms with E-state index in [9.17, 15) is 9.59 Å². The fraction of sp³-hybridized carbons (Fsp3) is 0.579. The number of likely N-dealkylation sites (tertiary alicyclic amines) is 1. The molecule has 0 saturated carbocycles. The highest BCUT2D eigenvalue weighted by atomic mass is 16.3. The Kier molecular flexibility index (Phi) is 5.51. The molecule has 3 rings (SSSR count). The van der Waals surface area contributed by atoms with E-state index in [1.807, 2.05) is 34.1 Å². The molecule has 2 amide bonds. The highest BCUT2D eigenvalue weighted by Crippen LogP contribution is 2.25. The predicted octanol–water partition coefficient (Wildman–Crippen LogP) is 2.58. The van der Waals surface area contributed by atoms with Gasteiger partial charge in [0.1, 0.15) is 0 Å². The summed E-state index contributed by atoms with van der Waals surface area (Å²) in [5.74, 6) is 0.232. The van der Waals surface area contributed by atoms with Crippen LogP contribution in [0.2, 0.25) is 0 Å². The van der Waals surface area contributed by atoms with Gasteiger partial charge in [0.15, 0.2) is 0 Å². The zero-order chi connectivity index (χ0) is 16.9. The number of benzene rings is 1. The van der Waals surface area contributed by atoms with Crippen LogP contribution in [-0.2, 0) is 4.79 Å². The Balaban J connectivity index is 1.68. The van der Waals surface area contributed by atoms with Gasteiger partial charge in [0, 0.05) is 43.4 Å². The number of carbonyl (C=O) groups excluding carboxylic acids is 2. The van der Waals surface area contributed by atoms with Gasteiger partial charge >= 0.3 is 0 Å². The predicted molar refractivity (Wildman–Crippen MR) is 93.0 cm³/mol. The van der Waals surface area contributed by atoms with Crippen molar-refractivity contribution in [1.29, 1.82) is 0 Å². The Labute approximate surface area is 143 Å². The van der Waals surface area contributed by atoms with Crippen molar-refractivity contribution >= 4 is 17.5 Å². The van der Waals surface area contributed by atoms with Gasteiger partial charge in [-0.2, -0.15) is 0 Å². The maximum atomic E-state index is 12.8. The van der Waals surface area contributed by atoms with Gasteiger partial charge in [-0.05, 0) is 62.8 Å². The molecule has 2 aliphatic rings. The Morgan fingerprint density at radius 2 is 1.92 bits per heavy atom. The highest BCUT2D eigenvalue weighted by molar-refractivity contribution is 5.97. The Morgan fingerprint density at radius 3 is 2.62 bits per heavy atom. The van der Waals surface area contributed by atoms with Crippen LogP contribution in [0.1, 0.15) is 55.3 Å². The van der Waals surface area contributed by atoms with Gasteiger partial charge in [-0.3, -0.25) is 9.59 Å². The molecule has 2 fully saturated rings. The van der Waals surface area contributed by atoms with Crippen LogP contribution in [0, 0.1) is 0 Å². The van der Waals surface area contributed by atoms with Crippen molar-refractivity contribution in [2.45, 2.75) is 51.0 Å². The summed E-state index contributed by atoms with van der Waals surface area (Å²) in [4.78, 5) is 28.5. The maximum Gasteiger partial charge on any atom is 0.254 e. The second kappa shape index (κ2) is 7.79. The topological polar surface area (TPSA) is 60.9 Å². The molecule has 0 aromatic heterocycles. The Morgan fingerprint density at radius 1 is 1.12 bits per heavy atom. The minimum atomic E-state index is 0.0620. The Hall–Kier alpha value is -1.88. The van der Waals surface area contributed by atoms with Gasteiger partial charge in [0.05, 0.1) is 0 Å². The second-order valence-electron chi connectivity index (χ2n) is 6.71. The van der Waals surface area contributed by atoms with Gasteiger partial charge in [-0.25, -0.2) is 0 Å². The zero-order valence-electron chi connectivity index (χ0n) is 14.1. The molecule has 1 aromatic rings. The van der Waals surface area contributed by atoms with Crippen molar-refractivity contribution in [3.8, 4) is 0 Å². The lowest BCUT2D eigenvalue weighted by Crippen LogP contribution is -2.36. The van der Waals surface area contributed by atoms with Crippen LogP contribution < -0.4 is 4.90 Å². The van der Waals surface area contributed by atoms with Gasteiger partial charge in [-0.15, -0.1) is 0 Å². The summed E-state index contributed by atoms with van der Waals surface area (Å²) in [5.41, 5.74) is 1.56. The number of anilines is 1. The van der Waals surface area contributed by atoms with Gasteiger partial charge in [0.25, 0.3) is 5.91 Å². The molecule has 0 bridgehead atoms. The highest BCUT2D eigenvalue weighted by Gasteiger charge is 2.29. The molecule has 2 aliphatic heterocycles. The molecule has 2 saturated heterocycles. The number of nitrogens with zero attached hydrogens (tertiary/aromatic N) is 2. The third-order valence-corrected chi connectivity index (χ3v) is 5.08. The van der Waals surface area contributed by atoms with Crippen LogP contribution in [0.4, 0.5) is 5.69 Å². The molecule has 0 radical (unpaired) electrons. The molecule has 1 aromatic carbocycles. The van der Waals surface area contributed by atoms with Gasteiger partial charge in [-0.1, -0.05) is 0 Å². The van der Waals surface area contributed by atoms with Crippen LogP contribution in [0.3, 0.4) is 0 Å². The number of hydrogen-bond acceptors (Lipinski definition) is 3. The Bertz CT molecular complexity index is 585. The minimum absolute atomic E-state index is 0.0620. The van der Waals surface area contributed by atoms with E-state index in [-0.39, 0.29) is 24.5 Å². The zero-order valence-corrected chi connectivity index (χ0v) is 14.1. The number of hydrogen-bond donors (Lipinski definition) is 1. The van der Waals surface area contributed by atoms with Crippen molar-refractivity contribution < 1.29 is 14.7 Å². The molecular formula is C19H26N2O3. The number of piperidine rings is 1. The summed E-state index contributed by atoms with van der Waals surface area (Å²) in [7, 11) is 0. The number of aliphatic hydroxyl groups is 1. The summed E-state index contributed by atoms with van der Waals surface area (Å²) in [6, 6.07) is 7.68. The molecule has 1 unspecified atom stereocenters. The van der Waals surface area contributed by atoms with Crippen LogP contribution in [-0.4, -0.2) is 47.6 Å². The average Bonchev–Trinajstić information content (AvgIpc) is 3.08. The van der Waals surface area contributed by atoms with E-state index in [2.05, 4.69) is 0 Å². The van der Waals surface area contributed by atoms with Crippen LogP contribution in [0.15, 0.2) is 24.3 Å². The van der Waals surface area contributed by atoms with Crippen molar-refractivity contribution in [3.63, 3.8) is 0 Å².